The second-order valence-corrected chi connectivity index (χ2v) is 7.02. The number of aryl methyl sites for hydroxylation is 1. The molecule has 0 atom stereocenters. The lowest BCUT2D eigenvalue weighted by Gasteiger charge is -2.07. The fraction of sp³-hybridized carbons (Fsp3) is 0.0625. The zero-order valence-corrected chi connectivity index (χ0v) is 13.7. The van der Waals surface area contributed by atoms with E-state index in [-0.39, 0.29) is 10.7 Å². The van der Waals surface area contributed by atoms with Gasteiger partial charge in [0.15, 0.2) is 5.82 Å². The maximum Gasteiger partial charge on any atom is 0.263 e. The van der Waals surface area contributed by atoms with Gasteiger partial charge in [-0.05, 0) is 30.7 Å². The highest BCUT2D eigenvalue weighted by atomic mass is 35.5. The molecule has 1 N–H and O–H groups in total. The Labute approximate surface area is 138 Å². The summed E-state index contributed by atoms with van der Waals surface area (Å²) in [5.74, 6) is 0.675. The van der Waals surface area contributed by atoms with Crippen LogP contribution >= 0.6 is 11.6 Å². The highest BCUT2D eigenvalue weighted by Crippen LogP contribution is 2.28. The first-order valence-corrected chi connectivity index (χ1v) is 8.63. The maximum absolute atomic E-state index is 12.3. The number of halogens is 1. The van der Waals surface area contributed by atoms with E-state index in [1.165, 1.54) is 18.2 Å². The van der Waals surface area contributed by atoms with E-state index in [0.29, 0.717) is 10.8 Å². The zero-order valence-electron chi connectivity index (χ0n) is 12.2. The quantitative estimate of drug-likeness (QED) is 0.770. The third-order valence-electron chi connectivity index (χ3n) is 3.22. The van der Waals surface area contributed by atoms with Gasteiger partial charge >= 0.3 is 0 Å². The SMILES string of the molecule is Cc1cc(NS(=O)(=O)c2ccc(-c3ccccc3Cl)cc2)no1. The summed E-state index contributed by atoms with van der Waals surface area (Å²) >= 11 is 6.15. The molecule has 0 bridgehead atoms. The molecule has 0 unspecified atom stereocenters. The van der Waals surface area contributed by atoms with Crippen LogP contribution in [0.3, 0.4) is 0 Å². The van der Waals surface area contributed by atoms with Crippen LogP contribution in [0.1, 0.15) is 5.76 Å². The molecule has 0 aliphatic heterocycles. The number of nitrogens with zero attached hydrogens (tertiary/aromatic N) is 1. The van der Waals surface area contributed by atoms with Crippen LogP contribution in [0.15, 0.2) is 64.0 Å². The number of anilines is 1. The second-order valence-electron chi connectivity index (χ2n) is 4.93. The summed E-state index contributed by atoms with van der Waals surface area (Å²) in [6.45, 7) is 1.68. The Kier molecular flexibility index (Phi) is 4.11. The predicted molar refractivity (Wildman–Crippen MR) is 88.9 cm³/mol. The highest BCUT2D eigenvalue weighted by molar-refractivity contribution is 7.92. The van der Waals surface area contributed by atoms with Crippen LogP contribution in [0.2, 0.25) is 5.02 Å². The average Bonchev–Trinajstić information content (AvgIpc) is 2.92. The van der Waals surface area contributed by atoms with Gasteiger partial charge in [0.2, 0.25) is 0 Å². The van der Waals surface area contributed by atoms with Crippen molar-refractivity contribution >= 4 is 27.4 Å². The zero-order chi connectivity index (χ0) is 16.4. The molecule has 3 rings (SSSR count). The summed E-state index contributed by atoms with van der Waals surface area (Å²) in [5.41, 5.74) is 1.69. The van der Waals surface area contributed by atoms with Crippen molar-refractivity contribution < 1.29 is 12.9 Å². The van der Waals surface area contributed by atoms with Crippen LogP contribution in [0.5, 0.6) is 0 Å². The van der Waals surface area contributed by atoms with Crippen LogP contribution in [-0.2, 0) is 10.0 Å². The third-order valence-corrected chi connectivity index (χ3v) is 4.92. The first kappa shape index (κ1) is 15.6. The Morgan fingerprint density at radius 2 is 1.78 bits per heavy atom. The van der Waals surface area contributed by atoms with Crippen molar-refractivity contribution in [2.45, 2.75) is 11.8 Å². The minimum atomic E-state index is -3.71. The van der Waals surface area contributed by atoms with Crippen molar-refractivity contribution in [2.24, 2.45) is 0 Å². The van der Waals surface area contributed by atoms with Crippen LogP contribution in [0.4, 0.5) is 5.82 Å². The van der Waals surface area contributed by atoms with Gasteiger partial charge in [0.25, 0.3) is 10.0 Å². The second kappa shape index (κ2) is 6.06. The molecule has 3 aromatic rings. The Balaban J connectivity index is 1.88. The summed E-state index contributed by atoms with van der Waals surface area (Å²) in [7, 11) is -3.71. The number of hydrogen-bond acceptors (Lipinski definition) is 4. The average molecular weight is 349 g/mol. The molecule has 1 heterocycles. The molecule has 0 amide bonds. The van der Waals surface area contributed by atoms with Crippen LogP contribution < -0.4 is 4.72 Å². The molecule has 0 aliphatic carbocycles. The molecule has 0 saturated carbocycles. The highest BCUT2D eigenvalue weighted by Gasteiger charge is 2.16. The van der Waals surface area contributed by atoms with E-state index in [9.17, 15) is 8.42 Å². The van der Waals surface area contributed by atoms with Gasteiger partial charge in [-0.2, -0.15) is 0 Å². The minimum absolute atomic E-state index is 0.133. The molecule has 0 spiro atoms. The number of rotatable bonds is 4. The predicted octanol–water partition coefficient (Wildman–Crippen LogP) is 4.10. The molecule has 0 saturated heterocycles. The van der Waals surface area contributed by atoms with Gasteiger partial charge in [-0.3, -0.25) is 4.72 Å². The van der Waals surface area contributed by atoms with Crippen LogP contribution in [-0.4, -0.2) is 13.6 Å². The first-order valence-electron chi connectivity index (χ1n) is 6.77. The lowest BCUT2D eigenvalue weighted by molar-refractivity contribution is 0.400. The lowest BCUT2D eigenvalue weighted by Crippen LogP contribution is -2.13. The van der Waals surface area contributed by atoms with E-state index in [1.807, 2.05) is 18.2 Å². The van der Waals surface area contributed by atoms with Crippen molar-refractivity contribution in [2.75, 3.05) is 4.72 Å². The van der Waals surface area contributed by atoms with E-state index in [4.69, 9.17) is 16.1 Å². The van der Waals surface area contributed by atoms with Crippen molar-refractivity contribution in [1.82, 2.24) is 5.16 Å². The first-order chi connectivity index (χ1) is 11.0. The molecule has 2 aromatic carbocycles. The van der Waals surface area contributed by atoms with Gasteiger partial charge in [0.05, 0.1) is 4.90 Å². The van der Waals surface area contributed by atoms with Gasteiger partial charge in [0.1, 0.15) is 5.76 Å². The summed E-state index contributed by atoms with van der Waals surface area (Å²) in [6, 6.07) is 15.4. The summed E-state index contributed by atoms with van der Waals surface area (Å²) in [6.07, 6.45) is 0. The largest absolute Gasteiger partial charge is 0.360 e. The van der Waals surface area contributed by atoms with E-state index in [2.05, 4.69) is 9.88 Å². The number of benzene rings is 2. The van der Waals surface area contributed by atoms with E-state index >= 15 is 0 Å². The molecule has 0 fully saturated rings. The molecule has 5 nitrogen and oxygen atoms in total. The molecule has 118 valence electrons. The van der Waals surface area contributed by atoms with E-state index < -0.39 is 10.0 Å². The molecule has 0 aliphatic rings. The summed E-state index contributed by atoms with van der Waals surface area (Å²) in [5, 5.41) is 4.23. The molecule has 0 radical (unpaired) electrons. The van der Waals surface area contributed by atoms with E-state index in [1.54, 1.807) is 25.1 Å². The Morgan fingerprint density at radius 3 is 2.39 bits per heavy atom. The lowest BCUT2D eigenvalue weighted by atomic mass is 10.1. The number of aromatic nitrogens is 1. The maximum atomic E-state index is 12.3. The van der Waals surface area contributed by atoms with Crippen LogP contribution in [0.25, 0.3) is 11.1 Å². The number of sulfonamides is 1. The van der Waals surface area contributed by atoms with Crippen molar-refractivity contribution in [3.63, 3.8) is 0 Å². The van der Waals surface area contributed by atoms with Crippen molar-refractivity contribution in [3.05, 3.63) is 65.4 Å². The van der Waals surface area contributed by atoms with Gasteiger partial charge in [0, 0.05) is 16.7 Å². The Bertz CT molecular complexity index is 934. The standard InChI is InChI=1S/C16H13ClN2O3S/c1-11-10-16(18-22-11)19-23(20,21)13-8-6-12(7-9-13)14-4-2-3-5-15(14)17/h2-10H,1H3,(H,18,19). The monoisotopic (exact) mass is 348 g/mol. The fourth-order valence-corrected chi connectivity index (χ4v) is 3.35. The normalized spacial score (nSPS) is 11.4. The molecule has 7 heteroatoms. The van der Waals surface area contributed by atoms with Crippen molar-refractivity contribution in [1.29, 1.82) is 0 Å². The Hall–Kier alpha value is -2.31. The van der Waals surface area contributed by atoms with Gasteiger partial charge < -0.3 is 4.52 Å². The van der Waals surface area contributed by atoms with E-state index in [0.717, 1.165) is 11.1 Å². The number of nitrogens with one attached hydrogen (secondary N) is 1. The molecular formula is C16H13ClN2O3S. The third kappa shape index (κ3) is 3.38. The number of hydrogen-bond donors (Lipinski definition) is 1. The minimum Gasteiger partial charge on any atom is -0.360 e. The molecular weight excluding hydrogens is 336 g/mol. The summed E-state index contributed by atoms with van der Waals surface area (Å²) < 4.78 is 31.8. The Morgan fingerprint density at radius 1 is 1.09 bits per heavy atom. The van der Waals surface area contributed by atoms with Crippen LogP contribution in [0, 0.1) is 6.92 Å². The summed E-state index contributed by atoms with van der Waals surface area (Å²) in [4.78, 5) is 0.133. The van der Waals surface area contributed by atoms with Gasteiger partial charge in [-0.15, -0.1) is 0 Å². The van der Waals surface area contributed by atoms with Crippen molar-refractivity contribution in [3.8, 4) is 11.1 Å². The topological polar surface area (TPSA) is 72.2 Å². The smallest absolute Gasteiger partial charge is 0.263 e. The van der Waals surface area contributed by atoms with Gasteiger partial charge in [-0.1, -0.05) is 47.1 Å². The molecule has 23 heavy (non-hydrogen) atoms. The molecule has 1 aromatic heterocycles. The van der Waals surface area contributed by atoms with Gasteiger partial charge in [-0.25, -0.2) is 8.42 Å². The fourth-order valence-electron chi connectivity index (χ4n) is 2.12.